The number of hydrogen-bond acceptors (Lipinski definition) is 2. The second kappa shape index (κ2) is 3.22. The molecule has 1 heterocycles. The van der Waals surface area contributed by atoms with E-state index in [1.165, 1.54) is 0 Å². The average Bonchev–Trinajstić information content (AvgIpc) is 1.94. The van der Waals surface area contributed by atoms with Gasteiger partial charge in [0.1, 0.15) is 0 Å². The van der Waals surface area contributed by atoms with Crippen LogP contribution in [-0.2, 0) is 0 Å². The van der Waals surface area contributed by atoms with Crippen LogP contribution in [0.3, 0.4) is 0 Å². The van der Waals surface area contributed by atoms with E-state index >= 15 is 0 Å². The van der Waals surface area contributed by atoms with Gasteiger partial charge in [-0.1, -0.05) is 6.08 Å². The molecule has 0 aromatic heterocycles. The number of urea groups is 1. The van der Waals surface area contributed by atoms with Crippen LogP contribution < -0.4 is 10.6 Å². The molecule has 1 aliphatic rings. The van der Waals surface area contributed by atoms with Gasteiger partial charge in [-0.3, -0.25) is 5.32 Å². The van der Waals surface area contributed by atoms with E-state index < -0.39 is 0 Å². The van der Waals surface area contributed by atoms with Crippen molar-refractivity contribution < 1.29 is 4.79 Å². The summed E-state index contributed by atoms with van der Waals surface area (Å²) >= 11 is 0. The smallest absolute Gasteiger partial charge is 0.319 e. The fraction of sp³-hybridized carbons (Fsp3) is 0.500. The Morgan fingerprint density at radius 1 is 1.80 bits per heavy atom. The molecule has 1 rings (SSSR count). The highest BCUT2D eigenvalue weighted by Crippen LogP contribution is 1.90. The van der Waals surface area contributed by atoms with E-state index in [9.17, 15) is 4.79 Å². The van der Waals surface area contributed by atoms with Gasteiger partial charge in [-0.25, -0.2) is 4.79 Å². The van der Waals surface area contributed by atoms with Gasteiger partial charge in [0.2, 0.25) is 0 Å². The van der Waals surface area contributed by atoms with Crippen LogP contribution >= 0.6 is 0 Å². The van der Waals surface area contributed by atoms with Gasteiger partial charge in [0.25, 0.3) is 0 Å². The van der Waals surface area contributed by atoms with Gasteiger partial charge in [-0.15, -0.1) is 6.58 Å². The minimum absolute atomic E-state index is 0.0290. The van der Waals surface area contributed by atoms with Gasteiger partial charge >= 0.3 is 6.03 Å². The van der Waals surface area contributed by atoms with Crippen molar-refractivity contribution in [1.29, 1.82) is 0 Å². The summed E-state index contributed by atoms with van der Waals surface area (Å²) in [7, 11) is 0. The zero-order valence-electron chi connectivity index (χ0n) is 5.76. The zero-order chi connectivity index (χ0) is 7.40. The van der Waals surface area contributed by atoms with Gasteiger partial charge < -0.3 is 10.2 Å². The molecule has 4 nitrogen and oxygen atoms in total. The zero-order valence-corrected chi connectivity index (χ0v) is 5.76. The molecule has 0 aromatic rings. The first kappa shape index (κ1) is 7.08. The van der Waals surface area contributed by atoms with E-state index in [0.717, 1.165) is 0 Å². The first-order chi connectivity index (χ1) is 4.84. The quantitative estimate of drug-likeness (QED) is 0.519. The van der Waals surface area contributed by atoms with Crippen molar-refractivity contribution in [2.75, 3.05) is 19.9 Å². The molecule has 2 amide bonds. The highest BCUT2D eigenvalue weighted by atomic mass is 16.2. The van der Waals surface area contributed by atoms with Gasteiger partial charge in [-0.05, 0) is 0 Å². The number of carbonyl (C=O) groups is 1. The van der Waals surface area contributed by atoms with Crippen molar-refractivity contribution in [3.63, 3.8) is 0 Å². The lowest BCUT2D eigenvalue weighted by Gasteiger charge is -2.26. The van der Waals surface area contributed by atoms with Crippen molar-refractivity contribution >= 4 is 6.03 Å². The fourth-order valence-electron chi connectivity index (χ4n) is 0.816. The van der Waals surface area contributed by atoms with Crippen molar-refractivity contribution in [1.82, 2.24) is 15.5 Å². The van der Waals surface area contributed by atoms with E-state index in [1.807, 2.05) is 0 Å². The predicted molar refractivity (Wildman–Crippen MR) is 38.3 cm³/mol. The van der Waals surface area contributed by atoms with Gasteiger partial charge in [-0.2, -0.15) is 0 Å². The summed E-state index contributed by atoms with van der Waals surface area (Å²) in [4.78, 5) is 12.5. The number of hydrogen-bond donors (Lipinski definition) is 2. The molecule has 56 valence electrons. The number of nitrogens with one attached hydrogen (secondary N) is 2. The van der Waals surface area contributed by atoms with Gasteiger partial charge in [0.15, 0.2) is 0 Å². The third-order valence-electron chi connectivity index (χ3n) is 1.30. The van der Waals surface area contributed by atoms with Crippen LogP contribution in [-0.4, -0.2) is 30.8 Å². The normalized spacial score (nSPS) is 18.4. The molecule has 0 atom stereocenters. The Balaban J connectivity index is 2.39. The minimum atomic E-state index is -0.0290. The molecular formula is C6H11N3O. The van der Waals surface area contributed by atoms with E-state index in [4.69, 9.17) is 0 Å². The molecule has 1 fully saturated rings. The van der Waals surface area contributed by atoms with Crippen LogP contribution in [0.1, 0.15) is 0 Å². The van der Waals surface area contributed by atoms with E-state index in [2.05, 4.69) is 17.2 Å². The van der Waals surface area contributed by atoms with Gasteiger partial charge in [0, 0.05) is 6.54 Å². The third kappa shape index (κ3) is 1.48. The predicted octanol–water partition coefficient (Wildman–Crippen LogP) is -0.298. The van der Waals surface area contributed by atoms with E-state index in [-0.39, 0.29) is 6.03 Å². The summed E-state index contributed by atoms with van der Waals surface area (Å²) in [5.41, 5.74) is 0. The molecule has 1 saturated heterocycles. The third-order valence-corrected chi connectivity index (χ3v) is 1.30. The molecule has 0 bridgehead atoms. The highest BCUT2D eigenvalue weighted by molar-refractivity contribution is 5.74. The summed E-state index contributed by atoms with van der Waals surface area (Å²) in [6.07, 6.45) is 1.70. The second-order valence-electron chi connectivity index (χ2n) is 2.08. The molecule has 0 aromatic carbocycles. The highest BCUT2D eigenvalue weighted by Gasteiger charge is 2.13. The maximum absolute atomic E-state index is 10.9. The Morgan fingerprint density at radius 2 is 2.60 bits per heavy atom. The van der Waals surface area contributed by atoms with Crippen LogP contribution in [0.5, 0.6) is 0 Å². The monoisotopic (exact) mass is 141 g/mol. The molecular weight excluding hydrogens is 130 g/mol. The lowest BCUT2D eigenvalue weighted by atomic mass is 10.5. The largest absolute Gasteiger partial charge is 0.325 e. The van der Waals surface area contributed by atoms with Crippen molar-refractivity contribution in [3.05, 3.63) is 12.7 Å². The second-order valence-corrected chi connectivity index (χ2v) is 2.08. The lowest BCUT2D eigenvalue weighted by Crippen LogP contribution is -2.54. The number of rotatable bonds is 2. The molecule has 0 unspecified atom stereocenters. The Kier molecular flexibility index (Phi) is 2.28. The summed E-state index contributed by atoms with van der Waals surface area (Å²) in [6.45, 7) is 5.31. The molecule has 0 spiro atoms. The summed E-state index contributed by atoms with van der Waals surface area (Å²) < 4.78 is 0. The number of nitrogens with zero attached hydrogens (tertiary/aromatic N) is 1. The van der Waals surface area contributed by atoms with Gasteiger partial charge in [0.05, 0.1) is 13.3 Å². The molecule has 2 N–H and O–H groups in total. The fourth-order valence-corrected chi connectivity index (χ4v) is 0.816. The average molecular weight is 141 g/mol. The Morgan fingerprint density at radius 3 is 3.20 bits per heavy atom. The summed E-state index contributed by atoms with van der Waals surface area (Å²) in [5.74, 6) is 0. The molecule has 4 heteroatoms. The standard InChI is InChI=1S/C6H11N3O/c1-2-3-9-5-7-4-8-6(9)10/h2,7H,1,3-5H2,(H,8,10). The van der Waals surface area contributed by atoms with Crippen molar-refractivity contribution in [2.24, 2.45) is 0 Å². The Hall–Kier alpha value is -1.03. The first-order valence-corrected chi connectivity index (χ1v) is 3.19. The van der Waals surface area contributed by atoms with Crippen LogP contribution in [0.25, 0.3) is 0 Å². The van der Waals surface area contributed by atoms with E-state index in [0.29, 0.717) is 19.9 Å². The Bertz CT molecular complexity index is 146. The van der Waals surface area contributed by atoms with Crippen LogP contribution in [0.15, 0.2) is 12.7 Å². The molecule has 10 heavy (non-hydrogen) atoms. The molecule has 1 aliphatic heterocycles. The SMILES string of the molecule is C=CCN1CNCNC1=O. The molecule has 0 radical (unpaired) electrons. The first-order valence-electron chi connectivity index (χ1n) is 3.19. The van der Waals surface area contributed by atoms with Crippen molar-refractivity contribution in [3.8, 4) is 0 Å². The van der Waals surface area contributed by atoms with Crippen LogP contribution in [0.4, 0.5) is 4.79 Å². The number of amides is 2. The molecule has 0 aliphatic carbocycles. The Labute approximate surface area is 59.9 Å². The lowest BCUT2D eigenvalue weighted by molar-refractivity contribution is 0.184. The van der Waals surface area contributed by atoms with Crippen molar-refractivity contribution in [2.45, 2.75) is 0 Å². The molecule has 0 saturated carbocycles. The van der Waals surface area contributed by atoms with E-state index in [1.54, 1.807) is 11.0 Å². The topological polar surface area (TPSA) is 44.4 Å². The summed E-state index contributed by atoms with van der Waals surface area (Å²) in [6, 6.07) is -0.0290. The van der Waals surface area contributed by atoms with Crippen LogP contribution in [0, 0.1) is 0 Å². The number of carbonyl (C=O) groups excluding carboxylic acids is 1. The summed E-state index contributed by atoms with van der Waals surface area (Å²) in [5, 5.41) is 5.64. The van der Waals surface area contributed by atoms with Crippen LogP contribution in [0.2, 0.25) is 0 Å². The maximum atomic E-state index is 10.9. The maximum Gasteiger partial charge on any atom is 0.319 e. The minimum Gasteiger partial charge on any atom is -0.325 e.